The maximum Gasteiger partial charge on any atom is 0.255 e. The summed E-state index contributed by atoms with van der Waals surface area (Å²) < 4.78 is 11.3. The molecule has 4 nitrogen and oxygen atoms in total. The lowest BCUT2D eigenvalue weighted by atomic mass is 10.1. The molecule has 4 heteroatoms. The van der Waals surface area contributed by atoms with Crippen LogP contribution in [0.5, 0.6) is 5.75 Å². The van der Waals surface area contributed by atoms with Gasteiger partial charge in [0.2, 0.25) is 0 Å². The Hall–Kier alpha value is -2.33. The van der Waals surface area contributed by atoms with Crippen LogP contribution in [0.4, 0.5) is 5.69 Å². The molecule has 0 saturated heterocycles. The van der Waals surface area contributed by atoms with E-state index in [0.29, 0.717) is 18.8 Å². The summed E-state index contributed by atoms with van der Waals surface area (Å²) >= 11 is 0. The van der Waals surface area contributed by atoms with Gasteiger partial charge in [0.15, 0.2) is 0 Å². The monoisotopic (exact) mass is 341 g/mol. The van der Waals surface area contributed by atoms with Crippen molar-refractivity contribution in [3.05, 3.63) is 59.2 Å². The highest BCUT2D eigenvalue weighted by molar-refractivity contribution is 6.04. The van der Waals surface area contributed by atoms with Gasteiger partial charge in [0.1, 0.15) is 5.75 Å². The van der Waals surface area contributed by atoms with Crippen LogP contribution in [0.2, 0.25) is 0 Å². The SMILES string of the molecule is CCOc1ccc(C(=O)Nc2ccccc2CC)cc1COC(C)C. The van der Waals surface area contributed by atoms with E-state index in [4.69, 9.17) is 9.47 Å². The number of anilines is 1. The van der Waals surface area contributed by atoms with Crippen LogP contribution in [-0.2, 0) is 17.8 Å². The van der Waals surface area contributed by atoms with Crippen molar-refractivity contribution in [3.8, 4) is 5.75 Å². The van der Waals surface area contributed by atoms with Gasteiger partial charge >= 0.3 is 0 Å². The minimum absolute atomic E-state index is 0.114. The third kappa shape index (κ3) is 5.33. The van der Waals surface area contributed by atoms with Crippen molar-refractivity contribution >= 4 is 11.6 Å². The molecule has 0 bridgehead atoms. The quantitative estimate of drug-likeness (QED) is 0.748. The van der Waals surface area contributed by atoms with Gasteiger partial charge < -0.3 is 14.8 Å². The summed E-state index contributed by atoms with van der Waals surface area (Å²) in [6, 6.07) is 13.3. The molecule has 0 aliphatic heterocycles. The number of amides is 1. The average Bonchev–Trinajstić information content (AvgIpc) is 2.61. The van der Waals surface area contributed by atoms with Crippen LogP contribution < -0.4 is 10.1 Å². The van der Waals surface area contributed by atoms with Gasteiger partial charge in [-0.05, 0) is 57.0 Å². The Morgan fingerprint density at radius 3 is 2.52 bits per heavy atom. The van der Waals surface area contributed by atoms with Gasteiger partial charge in [-0.3, -0.25) is 4.79 Å². The molecule has 25 heavy (non-hydrogen) atoms. The molecular weight excluding hydrogens is 314 g/mol. The van der Waals surface area contributed by atoms with Crippen molar-refractivity contribution in [1.29, 1.82) is 0 Å². The van der Waals surface area contributed by atoms with Crippen molar-refractivity contribution in [1.82, 2.24) is 0 Å². The van der Waals surface area contributed by atoms with Gasteiger partial charge in [0.25, 0.3) is 5.91 Å². The van der Waals surface area contributed by atoms with Crippen LogP contribution in [0.3, 0.4) is 0 Å². The van der Waals surface area contributed by atoms with Crippen LogP contribution in [0.25, 0.3) is 0 Å². The van der Waals surface area contributed by atoms with E-state index in [1.165, 1.54) is 0 Å². The number of carbonyl (C=O) groups is 1. The van der Waals surface area contributed by atoms with Crippen molar-refractivity contribution in [2.24, 2.45) is 0 Å². The van der Waals surface area contributed by atoms with Crippen LogP contribution in [-0.4, -0.2) is 18.6 Å². The summed E-state index contributed by atoms with van der Waals surface area (Å²) in [6.45, 7) is 8.97. The Morgan fingerprint density at radius 1 is 1.08 bits per heavy atom. The molecule has 0 atom stereocenters. The molecule has 0 heterocycles. The number of aryl methyl sites for hydroxylation is 1. The van der Waals surface area contributed by atoms with Crippen LogP contribution >= 0.6 is 0 Å². The van der Waals surface area contributed by atoms with Crippen molar-refractivity contribution < 1.29 is 14.3 Å². The van der Waals surface area contributed by atoms with E-state index in [-0.39, 0.29) is 12.0 Å². The maximum absolute atomic E-state index is 12.6. The zero-order valence-electron chi connectivity index (χ0n) is 15.5. The van der Waals surface area contributed by atoms with Crippen molar-refractivity contribution in [3.63, 3.8) is 0 Å². The van der Waals surface area contributed by atoms with Crippen molar-refractivity contribution in [2.75, 3.05) is 11.9 Å². The van der Waals surface area contributed by atoms with E-state index < -0.39 is 0 Å². The first-order chi connectivity index (χ1) is 12.0. The van der Waals surface area contributed by atoms with Gasteiger partial charge in [-0.25, -0.2) is 0 Å². The molecule has 1 N–H and O–H groups in total. The van der Waals surface area contributed by atoms with Gasteiger partial charge in [-0.2, -0.15) is 0 Å². The fourth-order valence-corrected chi connectivity index (χ4v) is 2.53. The molecule has 134 valence electrons. The van der Waals surface area contributed by atoms with Gasteiger partial charge in [0.05, 0.1) is 19.3 Å². The van der Waals surface area contributed by atoms with Gasteiger partial charge in [-0.15, -0.1) is 0 Å². The van der Waals surface area contributed by atoms with Crippen molar-refractivity contribution in [2.45, 2.75) is 46.8 Å². The normalized spacial score (nSPS) is 10.8. The third-order valence-corrected chi connectivity index (χ3v) is 3.84. The molecular formula is C21H27NO3. The molecule has 2 aromatic carbocycles. The highest BCUT2D eigenvalue weighted by Gasteiger charge is 2.13. The molecule has 2 rings (SSSR count). The predicted molar refractivity (Wildman–Crippen MR) is 101 cm³/mol. The second-order valence-corrected chi connectivity index (χ2v) is 6.08. The summed E-state index contributed by atoms with van der Waals surface area (Å²) in [4.78, 5) is 12.6. The smallest absolute Gasteiger partial charge is 0.255 e. The number of nitrogens with one attached hydrogen (secondary N) is 1. The summed E-state index contributed by atoms with van der Waals surface area (Å²) in [5, 5.41) is 3.00. The molecule has 0 fully saturated rings. The standard InChI is InChI=1S/C21H27NO3/c1-5-16-9-7-8-10-19(16)22-21(23)17-11-12-20(24-6-2)18(13-17)14-25-15(3)4/h7-13,15H,5-6,14H2,1-4H3,(H,22,23). The topological polar surface area (TPSA) is 47.6 Å². The Kier molecular flexibility index (Phi) is 7.02. The zero-order chi connectivity index (χ0) is 18.2. The second-order valence-electron chi connectivity index (χ2n) is 6.08. The van der Waals surface area contributed by atoms with E-state index in [9.17, 15) is 4.79 Å². The average molecular weight is 341 g/mol. The first-order valence-corrected chi connectivity index (χ1v) is 8.81. The highest BCUT2D eigenvalue weighted by atomic mass is 16.5. The Balaban J connectivity index is 2.22. The predicted octanol–water partition coefficient (Wildman–Crippen LogP) is 4.83. The fourth-order valence-electron chi connectivity index (χ4n) is 2.53. The van der Waals surface area contributed by atoms with E-state index in [1.807, 2.05) is 57.2 Å². The molecule has 0 spiro atoms. The fraction of sp³-hybridized carbons (Fsp3) is 0.381. The summed E-state index contributed by atoms with van der Waals surface area (Å²) in [7, 11) is 0. The summed E-state index contributed by atoms with van der Waals surface area (Å²) in [6.07, 6.45) is 0.983. The van der Waals surface area contributed by atoms with Crippen LogP contribution in [0, 0.1) is 0 Å². The lowest BCUT2D eigenvalue weighted by Gasteiger charge is -2.15. The highest BCUT2D eigenvalue weighted by Crippen LogP contribution is 2.23. The molecule has 0 aliphatic rings. The van der Waals surface area contributed by atoms with E-state index >= 15 is 0 Å². The summed E-state index contributed by atoms with van der Waals surface area (Å²) in [5.74, 6) is 0.628. The minimum Gasteiger partial charge on any atom is -0.494 e. The first kappa shape index (κ1) is 19.0. The second kappa shape index (κ2) is 9.23. The van der Waals surface area contributed by atoms with Gasteiger partial charge in [-0.1, -0.05) is 25.1 Å². The number of rotatable bonds is 8. The lowest BCUT2D eigenvalue weighted by molar-refractivity contribution is 0.0641. The molecule has 2 aromatic rings. The molecule has 0 unspecified atom stereocenters. The van der Waals surface area contributed by atoms with E-state index in [1.54, 1.807) is 6.07 Å². The molecule has 1 amide bonds. The van der Waals surface area contributed by atoms with E-state index in [0.717, 1.165) is 29.0 Å². The lowest BCUT2D eigenvalue weighted by Crippen LogP contribution is -2.14. The van der Waals surface area contributed by atoms with E-state index in [2.05, 4.69) is 12.2 Å². The number of hydrogen-bond acceptors (Lipinski definition) is 3. The Morgan fingerprint density at radius 2 is 1.84 bits per heavy atom. The Bertz CT molecular complexity index is 710. The molecule has 0 radical (unpaired) electrons. The zero-order valence-corrected chi connectivity index (χ0v) is 15.5. The van der Waals surface area contributed by atoms with Gasteiger partial charge in [0, 0.05) is 16.8 Å². The molecule has 0 aliphatic carbocycles. The minimum atomic E-state index is -0.130. The number of ether oxygens (including phenoxy) is 2. The number of carbonyl (C=O) groups excluding carboxylic acids is 1. The van der Waals surface area contributed by atoms with Crippen LogP contribution in [0.15, 0.2) is 42.5 Å². The number of para-hydroxylation sites is 1. The number of hydrogen-bond donors (Lipinski definition) is 1. The third-order valence-electron chi connectivity index (χ3n) is 3.84. The maximum atomic E-state index is 12.6. The summed E-state index contributed by atoms with van der Waals surface area (Å²) in [5.41, 5.74) is 3.44. The molecule has 0 aromatic heterocycles. The largest absolute Gasteiger partial charge is 0.494 e. The number of benzene rings is 2. The molecule has 0 saturated carbocycles. The van der Waals surface area contributed by atoms with Crippen LogP contribution in [0.1, 0.15) is 49.2 Å². The first-order valence-electron chi connectivity index (χ1n) is 8.81. The Labute approximate surface area is 150 Å².